The minimum Gasteiger partial charge on any atom is -0.479 e. The third-order valence-corrected chi connectivity index (χ3v) is 4.49. The molecule has 0 saturated heterocycles. The van der Waals surface area contributed by atoms with Crippen LogP contribution in [0.3, 0.4) is 0 Å². The molecule has 1 amide bonds. The Labute approximate surface area is 126 Å². The van der Waals surface area contributed by atoms with Crippen molar-refractivity contribution in [2.45, 2.75) is 38.1 Å². The highest BCUT2D eigenvalue weighted by molar-refractivity contribution is 9.10. The number of nitrogens with zero attached hydrogens (tertiary/aromatic N) is 1. The van der Waals surface area contributed by atoms with E-state index in [1.165, 1.54) is 10.5 Å². The molecule has 4 nitrogen and oxygen atoms in total. The molecule has 0 aliphatic heterocycles. The quantitative estimate of drug-likeness (QED) is 0.839. The minimum absolute atomic E-state index is 0.379. The van der Waals surface area contributed by atoms with Crippen molar-refractivity contribution in [2.75, 3.05) is 6.54 Å². The van der Waals surface area contributed by atoms with Crippen molar-refractivity contribution in [1.29, 1.82) is 0 Å². The summed E-state index contributed by atoms with van der Waals surface area (Å²) in [4.78, 5) is 24.6. The second-order valence-corrected chi connectivity index (χ2v) is 6.14. The lowest BCUT2D eigenvalue weighted by Crippen LogP contribution is -2.57. The van der Waals surface area contributed by atoms with Gasteiger partial charge in [0.15, 0.2) is 0 Å². The maximum Gasteiger partial charge on any atom is 0.329 e. The number of hydrogen-bond donors (Lipinski definition) is 1. The van der Waals surface area contributed by atoms with E-state index in [0.29, 0.717) is 32.2 Å². The molecule has 2 rings (SSSR count). The number of aryl methyl sites for hydroxylation is 1. The number of aliphatic carboxylic acids is 1. The summed E-state index contributed by atoms with van der Waals surface area (Å²) in [5, 5.41) is 9.69. The Bertz CT molecular complexity index is 532. The molecule has 0 fully saturated rings. The number of carbonyl (C=O) groups is 2. The van der Waals surface area contributed by atoms with Gasteiger partial charge in [-0.05, 0) is 42.5 Å². The van der Waals surface area contributed by atoms with Crippen LogP contribution in [0.1, 0.15) is 30.9 Å². The second kappa shape index (κ2) is 5.95. The van der Waals surface area contributed by atoms with Crippen LogP contribution in [0.15, 0.2) is 22.7 Å². The van der Waals surface area contributed by atoms with Gasteiger partial charge in [0.05, 0.1) is 0 Å². The van der Waals surface area contributed by atoms with Gasteiger partial charge in [-0.15, -0.1) is 0 Å². The molecule has 1 atom stereocenters. The number of halogens is 1. The predicted molar refractivity (Wildman–Crippen MR) is 79.6 cm³/mol. The number of carboxylic acid groups (broad SMARTS) is 1. The first-order valence-electron chi connectivity index (χ1n) is 6.76. The maximum absolute atomic E-state index is 11.8. The number of hydrogen-bond acceptors (Lipinski definition) is 2. The van der Waals surface area contributed by atoms with Crippen LogP contribution in [0.4, 0.5) is 0 Å². The number of carboxylic acids is 1. The number of benzene rings is 1. The zero-order valence-corrected chi connectivity index (χ0v) is 13.0. The van der Waals surface area contributed by atoms with Crippen LogP contribution in [0, 0.1) is 0 Å². The van der Waals surface area contributed by atoms with Crippen LogP contribution in [-0.2, 0) is 22.4 Å². The summed E-state index contributed by atoms with van der Waals surface area (Å²) < 4.78 is 1.000. The van der Waals surface area contributed by atoms with Crippen molar-refractivity contribution < 1.29 is 14.7 Å². The van der Waals surface area contributed by atoms with Gasteiger partial charge in [0.25, 0.3) is 0 Å². The van der Waals surface area contributed by atoms with Gasteiger partial charge in [-0.25, -0.2) is 4.79 Å². The molecule has 1 aromatic rings. The summed E-state index contributed by atoms with van der Waals surface area (Å²) in [5.41, 5.74) is 1.09. The smallest absolute Gasteiger partial charge is 0.329 e. The van der Waals surface area contributed by atoms with Gasteiger partial charge in [-0.2, -0.15) is 0 Å². The average Bonchev–Trinajstić information content (AvgIpc) is 2.44. The Morgan fingerprint density at radius 1 is 1.50 bits per heavy atom. The summed E-state index contributed by atoms with van der Waals surface area (Å²) >= 11 is 3.43. The van der Waals surface area contributed by atoms with Gasteiger partial charge in [0, 0.05) is 17.4 Å². The number of rotatable bonds is 5. The third-order valence-electron chi connectivity index (χ3n) is 4.00. The highest BCUT2D eigenvalue weighted by atomic mass is 79.9. The lowest BCUT2D eigenvalue weighted by atomic mass is 9.77. The fourth-order valence-electron chi connectivity index (χ4n) is 2.90. The van der Waals surface area contributed by atoms with Crippen molar-refractivity contribution in [1.82, 2.24) is 4.90 Å². The van der Waals surface area contributed by atoms with E-state index in [4.69, 9.17) is 0 Å². The zero-order chi connectivity index (χ0) is 14.8. The van der Waals surface area contributed by atoms with E-state index in [1.54, 1.807) is 0 Å². The van der Waals surface area contributed by atoms with Gasteiger partial charge in [-0.1, -0.05) is 28.9 Å². The molecule has 20 heavy (non-hydrogen) atoms. The van der Waals surface area contributed by atoms with E-state index >= 15 is 0 Å². The third kappa shape index (κ3) is 2.59. The molecule has 1 aliphatic rings. The van der Waals surface area contributed by atoms with E-state index in [1.807, 2.05) is 25.1 Å². The zero-order valence-electron chi connectivity index (χ0n) is 11.4. The first-order valence-corrected chi connectivity index (χ1v) is 7.55. The molecule has 0 aromatic heterocycles. The molecule has 0 spiro atoms. The van der Waals surface area contributed by atoms with Crippen LogP contribution in [0.5, 0.6) is 0 Å². The SMILES string of the molecule is CCCN(C=O)C1(C(=O)O)CCc2cc(Br)ccc2C1. The van der Waals surface area contributed by atoms with E-state index in [0.717, 1.165) is 16.5 Å². The van der Waals surface area contributed by atoms with Crippen molar-refractivity contribution in [3.05, 3.63) is 33.8 Å². The van der Waals surface area contributed by atoms with Gasteiger partial charge in [0.1, 0.15) is 5.54 Å². The van der Waals surface area contributed by atoms with Crippen LogP contribution >= 0.6 is 15.9 Å². The minimum atomic E-state index is -1.10. The molecule has 1 unspecified atom stereocenters. The Kier molecular flexibility index (Phi) is 4.48. The van der Waals surface area contributed by atoms with Crippen molar-refractivity contribution >= 4 is 28.3 Å². The monoisotopic (exact) mass is 339 g/mol. The van der Waals surface area contributed by atoms with E-state index in [9.17, 15) is 14.7 Å². The average molecular weight is 340 g/mol. The molecule has 1 N–H and O–H groups in total. The highest BCUT2D eigenvalue weighted by Gasteiger charge is 2.45. The predicted octanol–water partition coefficient (Wildman–Crippen LogP) is 2.63. The summed E-state index contributed by atoms with van der Waals surface area (Å²) in [7, 11) is 0. The summed E-state index contributed by atoms with van der Waals surface area (Å²) in [6.45, 7) is 2.42. The lowest BCUT2D eigenvalue weighted by Gasteiger charge is -2.41. The van der Waals surface area contributed by atoms with E-state index in [-0.39, 0.29) is 0 Å². The van der Waals surface area contributed by atoms with Crippen LogP contribution in [-0.4, -0.2) is 34.5 Å². The maximum atomic E-state index is 11.8. The van der Waals surface area contributed by atoms with Gasteiger partial charge in [-0.3, -0.25) is 4.79 Å². The molecule has 1 aliphatic carbocycles. The molecule has 1 aromatic carbocycles. The normalized spacial score (nSPS) is 21.1. The molecule has 0 saturated carbocycles. The van der Waals surface area contributed by atoms with Crippen LogP contribution in [0.2, 0.25) is 0 Å². The largest absolute Gasteiger partial charge is 0.479 e. The Morgan fingerprint density at radius 3 is 2.85 bits per heavy atom. The summed E-state index contributed by atoms with van der Waals surface area (Å²) in [6.07, 6.45) is 2.95. The van der Waals surface area contributed by atoms with Gasteiger partial charge >= 0.3 is 5.97 Å². The molecule has 0 bridgehead atoms. The van der Waals surface area contributed by atoms with Crippen molar-refractivity contribution in [3.8, 4) is 0 Å². The van der Waals surface area contributed by atoms with Crippen molar-refractivity contribution in [3.63, 3.8) is 0 Å². The van der Waals surface area contributed by atoms with Crippen molar-refractivity contribution in [2.24, 2.45) is 0 Å². The second-order valence-electron chi connectivity index (χ2n) is 5.23. The van der Waals surface area contributed by atoms with E-state index < -0.39 is 11.5 Å². The molecule has 0 radical (unpaired) electrons. The molecule has 108 valence electrons. The summed E-state index contributed by atoms with van der Waals surface area (Å²) in [6, 6.07) is 5.90. The first kappa shape index (κ1) is 15.0. The number of amides is 1. The Balaban J connectivity index is 2.39. The van der Waals surface area contributed by atoms with E-state index in [2.05, 4.69) is 15.9 Å². The van der Waals surface area contributed by atoms with Gasteiger partial charge in [0.2, 0.25) is 6.41 Å². The standard InChI is InChI=1S/C15H18BrNO3/c1-2-7-17(10-18)15(14(19)20)6-5-11-8-13(16)4-3-12(11)9-15/h3-4,8,10H,2,5-7,9H2,1H3,(H,19,20). The topological polar surface area (TPSA) is 57.6 Å². The Hall–Kier alpha value is -1.36. The highest BCUT2D eigenvalue weighted by Crippen LogP contribution is 2.34. The Morgan fingerprint density at radius 2 is 2.25 bits per heavy atom. The fraction of sp³-hybridized carbons (Fsp3) is 0.467. The fourth-order valence-corrected chi connectivity index (χ4v) is 3.31. The number of carbonyl (C=O) groups excluding carboxylic acids is 1. The first-order chi connectivity index (χ1) is 9.53. The molecular weight excluding hydrogens is 322 g/mol. The van der Waals surface area contributed by atoms with Crippen LogP contribution < -0.4 is 0 Å². The molecule has 0 heterocycles. The molecule has 5 heteroatoms. The number of fused-ring (bicyclic) bond motifs is 1. The summed E-state index contributed by atoms with van der Waals surface area (Å²) in [5.74, 6) is -0.911. The lowest BCUT2D eigenvalue weighted by molar-refractivity contribution is -0.156. The van der Waals surface area contributed by atoms with Gasteiger partial charge < -0.3 is 10.0 Å². The molecular formula is C15H18BrNO3. The van der Waals surface area contributed by atoms with Crippen LogP contribution in [0.25, 0.3) is 0 Å².